The van der Waals surface area contributed by atoms with Crippen LogP contribution in [0, 0.1) is 0 Å². The second kappa shape index (κ2) is 5.82. The van der Waals surface area contributed by atoms with Crippen molar-refractivity contribution >= 4 is 21.9 Å². The summed E-state index contributed by atoms with van der Waals surface area (Å²) in [7, 11) is 1.65. The van der Waals surface area contributed by atoms with Gasteiger partial charge in [-0.25, -0.2) is 9.97 Å². The summed E-state index contributed by atoms with van der Waals surface area (Å²) in [5.41, 5.74) is 1.89. The first kappa shape index (κ1) is 12.8. The van der Waals surface area contributed by atoms with Crippen LogP contribution >= 0.6 is 15.9 Å². The summed E-state index contributed by atoms with van der Waals surface area (Å²) in [6.07, 6.45) is 3.57. The van der Waals surface area contributed by atoms with E-state index in [1.807, 2.05) is 25.1 Å². The van der Waals surface area contributed by atoms with Gasteiger partial charge in [0.25, 0.3) is 0 Å². The Morgan fingerprint density at radius 2 is 2.00 bits per heavy atom. The van der Waals surface area contributed by atoms with Crippen LogP contribution in [0.5, 0.6) is 5.75 Å². The van der Waals surface area contributed by atoms with Crippen molar-refractivity contribution in [2.45, 2.75) is 6.92 Å². The predicted molar refractivity (Wildman–Crippen MR) is 75.9 cm³/mol. The van der Waals surface area contributed by atoms with Crippen LogP contribution in [-0.4, -0.2) is 23.6 Å². The molecule has 0 atom stereocenters. The van der Waals surface area contributed by atoms with Gasteiger partial charge in [-0.1, -0.05) is 15.9 Å². The van der Waals surface area contributed by atoms with Crippen LogP contribution in [0.15, 0.2) is 35.1 Å². The Morgan fingerprint density at radius 1 is 1.28 bits per heavy atom. The lowest BCUT2D eigenvalue weighted by Crippen LogP contribution is -2.01. The van der Waals surface area contributed by atoms with Crippen molar-refractivity contribution in [2.75, 3.05) is 19.0 Å². The highest BCUT2D eigenvalue weighted by molar-refractivity contribution is 9.10. The van der Waals surface area contributed by atoms with Crippen molar-refractivity contribution in [1.82, 2.24) is 9.97 Å². The van der Waals surface area contributed by atoms with Crippen molar-refractivity contribution in [3.63, 3.8) is 0 Å². The van der Waals surface area contributed by atoms with E-state index < -0.39 is 0 Å². The standard InChI is InChI=1S/C13H14BrN3O/c1-3-15-13-16-7-9(8-17-13)11-6-10(14)4-5-12(11)18-2/h4-8H,3H2,1-2H3,(H,15,16,17). The average Bonchev–Trinajstić information content (AvgIpc) is 2.40. The van der Waals surface area contributed by atoms with Crippen molar-refractivity contribution in [3.05, 3.63) is 35.1 Å². The topological polar surface area (TPSA) is 47.0 Å². The third-order valence-electron chi connectivity index (χ3n) is 2.46. The number of hydrogen-bond donors (Lipinski definition) is 1. The van der Waals surface area contributed by atoms with E-state index in [0.717, 1.165) is 27.9 Å². The number of rotatable bonds is 4. The number of halogens is 1. The molecular weight excluding hydrogens is 294 g/mol. The summed E-state index contributed by atoms with van der Waals surface area (Å²) in [4.78, 5) is 8.51. The third kappa shape index (κ3) is 2.79. The summed E-state index contributed by atoms with van der Waals surface area (Å²) in [5.74, 6) is 1.44. The summed E-state index contributed by atoms with van der Waals surface area (Å²) >= 11 is 3.45. The summed E-state index contributed by atoms with van der Waals surface area (Å²) in [6.45, 7) is 2.81. The molecule has 4 nitrogen and oxygen atoms in total. The number of ether oxygens (including phenoxy) is 1. The predicted octanol–water partition coefficient (Wildman–Crippen LogP) is 3.35. The second-order valence-corrected chi connectivity index (χ2v) is 4.59. The van der Waals surface area contributed by atoms with E-state index in [1.165, 1.54) is 0 Å². The lowest BCUT2D eigenvalue weighted by Gasteiger charge is -2.09. The molecule has 2 aromatic rings. The van der Waals surface area contributed by atoms with E-state index in [4.69, 9.17) is 4.74 Å². The van der Waals surface area contributed by atoms with Gasteiger partial charge in [0.15, 0.2) is 0 Å². The SMILES string of the molecule is CCNc1ncc(-c2cc(Br)ccc2OC)cn1. The fourth-order valence-corrected chi connectivity index (χ4v) is 1.98. The van der Waals surface area contributed by atoms with E-state index in [-0.39, 0.29) is 0 Å². The van der Waals surface area contributed by atoms with E-state index in [9.17, 15) is 0 Å². The van der Waals surface area contributed by atoms with Gasteiger partial charge in [0.05, 0.1) is 7.11 Å². The molecule has 0 unspecified atom stereocenters. The van der Waals surface area contributed by atoms with E-state index in [2.05, 4.69) is 31.2 Å². The van der Waals surface area contributed by atoms with Crippen molar-refractivity contribution in [3.8, 4) is 16.9 Å². The molecule has 0 radical (unpaired) electrons. The Hall–Kier alpha value is -1.62. The highest BCUT2D eigenvalue weighted by Crippen LogP contribution is 2.31. The lowest BCUT2D eigenvalue weighted by atomic mass is 10.1. The van der Waals surface area contributed by atoms with Gasteiger partial charge < -0.3 is 10.1 Å². The number of nitrogens with one attached hydrogen (secondary N) is 1. The van der Waals surface area contributed by atoms with E-state index >= 15 is 0 Å². The Bertz CT molecular complexity index is 528. The van der Waals surface area contributed by atoms with Crippen LogP contribution < -0.4 is 10.1 Å². The van der Waals surface area contributed by atoms with E-state index in [0.29, 0.717) is 5.95 Å². The van der Waals surface area contributed by atoms with Crippen LogP contribution in [0.25, 0.3) is 11.1 Å². The molecule has 1 aromatic carbocycles. The average molecular weight is 308 g/mol. The van der Waals surface area contributed by atoms with Gasteiger partial charge in [-0.3, -0.25) is 0 Å². The molecule has 1 aromatic heterocycles. The first-order chi connectivity index (χ1) is 8.74. The summed E-state index contributed by atoms with van der Waals surface area (Å²) in [6, 6.07) is 5.85. The number of methoxy groups -OCH3 is 1. The summed E-state index contributed by atoms with van der Waals surface area (Å²) < 4.78 is 6.33. The largest absolute Gasteiger partial charge is 0.496 e. The molecule has 18 heavy (non-hydrogen) atoms. The highest BCUT2D eigenvalue weighted by Gasteiger charge is 2.07. The normalized spacial score (nSPS) is 10.2. The monoisotopic (exact) mass is 307 g/mol. The first-order valence-electron chi connectivity index (χ1n) is 5.64. The quantitative estimate of drug-likeness (QED) is 0.941. The maximum atomic E-state index is 5.34. The number of hydrogen-bond acceptors (Lipinski definition) is 4. The molecular formula is C13H14BrN3O. The number of anilines is 1. The maximum Gasteiger partial charge on any atom is 0.222 e. The van der Waals surface area contributed by atoms with Crippen molar-refractivity contribution in [2.24, 2.45) is 0 Å². The first-order valence-corrected chi connectivity index (χ1v) is 6.43. The molecule has 5 heteroatoms. The molecule has 0 saturated heterocycles. The van der Waals surface area contributed by atoms with Gasteiger partial charge in [-0.05, 0) is 25.1 Å². The smallest absolute Gasteiger partial charge is 0.222 e. The van der Waals surface area contributed by atoms with Crippen molar-refractivity contribution in [1.29, 1.82) is 0 Å². The zero-order valence-corrected chi connectivity index (χ0v) is 11.9. The Labute approximate surface area is 115 Å². The minimum Gasteiger partial charge on any atom is -0.496 e. The maximum absolute atomic E-state index is 5.34. The van der Waals surface area contributed by atoms with Crippen LogP contribution in [-0.2, 0) is 0 Å². The molecule has 0 saturated carbocycles. The molecule has 0 fully saturated rings. The summed E-state index contributed by atoms with van der Waals surface area (Å²) in [5, 5.41) is 3.06. The zero-order valence-electron chi connectivity index (χ0n) is 10.3. The fourth-order valence-electron chi connectivity index (χ4n) is 1.62. The van der Waals surface area contributed by atoms with E-state index in [1.54, 1.807) is 19.5 Å². The van der Waals surface area contributed by atoms with Crippen LogP contribution in [0.1, 0.15) is 6.92 Å². The molecule has 2 rings (SSSR count). The third-order valence-corrected chi connectivity index (χ3v) is 2.95. The minimum atomic E-state index is 0.634. The fraction of sp³-hybridized carbons (Fsp3) is 0.231. The lowest BCUT2D eigenvalue weighted by molar-refractivity contribution is 0.416. The molecule has 1 N–H and O–H groups in total. The van der Waals surface area contributed by atoms with Gasteiger partial charge in [-0.2, -0.15) is 0 Å². The minimum absolute atomic E-state index is 0.634. The van der Waals surface area contributed by atoms with Gasteiger partial charge in [0.1, 0.15) is 5.75 Å². The Balaban J connectivity index is 2.38. The molecule has 0 aliphatic carbocycles. The molecule has 0 spiro atoms. The molecule has 0 amide bonds. The highest BCUT2D eigenvalue weighted by atomic mass is 79.9. The van der Waals surface area contributed by atoms with Crippen LogP contribution in [0.2, 0.25) is 0 Å². The second-order valence-electron chi connectivity index (χ2n) is 3.67. The molecule has 0 bridgehead atoms. The molecule has 0 aliphatic heterocycles. The van der Waals surface area contributed by atoms with Crippen molar-refractivity contribution < 1.29 is 4.74 Å². The van der Waals surface area contributed by atoms with Gasteiger partial charge >= 0.3 is 0 Å². The number of benzene rings is 1. The van der Waals surface area contributed by atoms with Gasteiger partial charge in [0.2, 0.25) is 5.95 Å². The zero-order chi connectivity index (χ0) is 13.0. The van der Waals surface area contributed by atoms with Crippen LogP contribution in [0.3, 0.4) is 0 Å². The van der Waals surface area contributed by atoms with Crippen LogP contribution in [0.4, 0.5) is 5.95 Å². The Kier molecular flexibility index (Phi) is 4.15. The van der Waals surface area contributed by atoms with Gasteiger partial charge in [-0.15, -0.1) is 0 Å². The van der Waals surface area contributed by atoms with Gasteiger partial charge in [0, 0.05) is 34.5 Å². The number of aromatic nitrogens is 2. The molecule has 1 heterocycles. The number of nitrogens with zero attached hydrogens (tertiary/aromatic N) is 2. The molecule has 94 valence electrons. The molecule has 0 aliphatic rings. The Morgan fingerprint density at radius 3 is 2.61 bits per heavy atom.